The van der Waals surface area contributed by atoms with Gasteiger partial charge in [-0.1, -0.05) is 11.6 Å². The predicted octanol–water partition coefficient (Wildman–Crippen LogP) is -0.530. The monoisotopic (exact) mass is 414 g/mol. The first-order valence-corrected chi connectivity index (χ1v) is 8.66. The highest BCUT2D eigenvalue weighted by Gasteiger charge is 2.13. The summed E-state index contributed by atoms with van der Waals surface area (Å²) in [6.45, 7) is 2.07. The number of halogens is 1. The van der Waals surface area contributed by atoms with E-state index in [2.05, 4.69) is 15.8 Å². The Kier molecular flexibility index (Phi) is 10.4. The van der Waals surface area contributed by atoms with E-state index in [0.29, 0.717) is 25.1 Å². The van der Waals surface area contributed by atoms with Gasteiger partial charge in [-0.15, -0.1) is 0 Å². The van der Waals surface area contributed by atoms with Gasteiger partial charge in [-0.2, -0.15) is 5.10 Å². The number of hydrogen-bond acceptors (Lipinski definition) is 8. The van der Waals surface area contributed by atoms with Crippen molar-refractivity contribution in [2.24, 2.45) is 5.10 Å². The molecule has 2 amide bonds. The molecule has 0 radical (unpaired) electrons. The van der Waals surface area contributed by atoms with Crippen LogP contribution in [-0.2, 0) is 19.1 Å². The van der Waals surface area contributed by atoms with Crippen LogP contribution in [0.5, 0.6) is 11.5 Å². The number of hydrazone groups is 1. The minimum Gasteiger partial charge on any atom is -0.546 e. The summed E-state index contributed by atoms with van der Waals surface area (Å²) >= 11 is 6.09. The van der Waals surface area contributed by atoms with Crippen LogP contribution in [0.25, 0.3) is 0 Å². The molecular weight excluding hydrogens is 394 g/mol. The molecule has 0 aromatic heterocycles. The molecule has 0 spiro atoms. The number of nitrogens with one attached hydrogen (secondary N) is 2. The summed E-state index contributed by atoms with van der Waals surface area (Å²) in [6, 6.07) is 2.91. The number of ether oxygens (including phenoxy) is 3. The van der Waals surface area contributed by atoms with Crippen LogP contribution in [0.4, 0.5) is 0 Å². The van der Waals surface area contributed by atoms with Gasteiger partial charge in [-0.05, 0) is 31.0 Å². The Bertz CT molecular complexity index is 725. The lowest BCUT2D eigenvalue weighted by atomic mass is 10.2. The Morgan fingerprint density at radius 2 is 2.00 bits per heavy atom. The largest absolute Gasteiger partial charge is 0.546 e. The molecule has 154 valence electrons. The molecule has 11 heteroatoms. The summed E-state index contributed by atoms with van der Waals surface area (Å²) in [5, 5.41) is 16.7. The van der Waals surface area contributed by atoms with Gasteiger partial charge in [0.15, 0.2) is 11.5 Å². The topological polar surface area (TPSA) is 138 Å². The normalized spacial score (nSPS) is 10.5. The number of benzene rings is 1. The average molecular weight is 415 g/mol. The summed E-state index contributed by atoms with van der Waals surface area (Å²) in [4.78, 5) is 33.8. The standard InChI is InChI=1S/C17H22ClN3O7/c1-3-27-13-8-11(7-12(18)15(13)28-10-14(22)23)9-20-21-17(25)16(24)19-5-4-6-26-2/h7-9H,3-6,10H2,1-2H3,(H,19,24)(H,21,25)(H,22,23)/p-1/b20-9-. The minimum absolute atomic E-state index is 0.0457. The molecule has 0 aliphatic rings. The molecule has 0 aliphatic carbocycles. The SMILES string of the molecule is CCOc1cc(/C=N\NC(=O)C(=O)NCCCOC)cc(Cl)c1OCC(=O)[O-]. The zero-order valence-electron chi connectivity index (χ0n) is 15.5. The van der Waals surface area contributed by atoms with Gasteiger partial charge < -0.3 is 29.4 Å². The van der Waals surface area contributed by atoms with Crippen molar-refractivity contribution in [2.75, 3.05) is 33.5 Å². The highest BCUT2D eigenvalue weighted by Crippen LogP contribution is 2.36. The summed E-state index contributed by atoms with van der Waals surface area (Å²) in [5.41, 5.74) is 2.51. The van der Waals surface area contributed by atoms with Crippen molar-refractivity contribution in [2.45, 2.75) is 13.3 Å². The van der Waals surface area contributed by atoms with Gasteiger partial charge in [-0.3, -0.25) is 9.59 Å². The molecule has 10 nitrogen and oxygen atoms in total. The fraction of sp³-hybridized carbons (Fsp3) is 0.412. The average Bonchev–Trinajstić information content (AvgIpc) is 2.64. The lowest BCUT2D eigenvalue weighted by molar-refractivity contribution is -0.307. The van der Waals surface area contributed by atoms with E-state index in [1.165, 1.54) is 25.5 Å². The van der Waals surface area contributed by atoms with Crippen molar-refractivity contribution in [3.05, 3.63) is 22.7 Å². The van der Waals surface area contributed by atoms with Crippen LogP contribution in [0.2, 0.25) is 5.02 Å². The van der Waals surface area contributed by atoms with Gasteiger partial charge in [0.05, 0.1) is 23.8 Å². The van der Waals surface area contributed by atoms with Crippen molar-refractivity contribution >= 4 is 35.6 Å². The predicted molar refractivity (Wildman–Crippen MR) is 98.4 cm³/mol. The second-order valence-electron chi connectivity index (χ2n) is 5.23. The Hall–Kier alpha value is -2.85. The lowest BCUT2D eigenvalue weighted by Gasteiger charge is -2.14. The highest BCUT2D eigenvalue weighted by atomic mass is 35.5. The number of carbonyl (C=O) groups is 3. The van der Waals surface area contributed by atoms with Crippen LogP contribution < -0.4 is 25.3 Å². The molecule has 1 aromatic carbocycles. The zero-order chi connectivity index (χ0) is 20.9. The van der Waals surface area contributed by atoms with Crippen molar-refractivity contribution in [3.63, 3.8) is 0 Å². The van der Waals surface area contributed by atoms with Crippen LogP contribution in [0.15, 0.2) is 17.2 Å². The van der Waals surface area contributed by atoms with Gasteiger partial charge in [0, 0.05) is 20.3 Å². The third-order valence-corrected chi connectivity index (χ3v) is 3.34. The molecule has 0 aliphatic heterocycles. The third-order valence-electron chi connectivity index (χ3n) is 3.06. The maximum atomic E-state index is 11.6. The fourth-order valence-corrected chi connectivity index (χ4v) is 2.19. The van der Waals surface area contributed by atoms with Gasteiger partial charge >= 0.3 is 11.8 Å². The maximum absolute atomic E-state index is 11.6. The Morgan fingerprint density at radius 1 is 1.25 bits per heavy atom. The maximum Gasteiger partial charge on any atom is 0.329 e. The van der Waals surface area contributed by atoms with Crippen LogP contribution in [0.1, 0.15) is 18.9 Å². The number of rotatable bonds is 11. The van der Waals surface area contributed by atoms with E-state index in [1.807, 2.05) is 0 Å². The van der Waals surface area contributed by atoms with Crippen molar-refractivity contribution in [3.8, 4) is 11.5 Å². The molecular formula is C17H21ClN3O7-. The van der Waals surface area contributed by atoms with Crippen molar-refractivity contribution < 1.29 is 33.7 Å². The van der Waals surface area contributed by atoms with Crippen LogP contribution in [-0.4, -0.2) is 57.5 Å². The molecule has 1 rings (SSSR count). The number of amides is 2. The third kappa shape index (κ3) is 8.23. The first-order chi connectivity index (χ1) is 13.4. The van der Waals surface area contributed by atoms with Crippen LogP contribution in [0.3, 0.4) is 0 Å². The second-order valence-corrected chi connectivity index (χ2v) is 5.63. The summed E-state index contributed by atoms with van der Waals surface area (Å²) in [5.74, 6) is -2.93. The first-order valence-electron chi connectivity index (χ1n) is 8.28. The van der Waals surface area contributed by atoms with Crippen molar-refractivity contribution in [1.29, 1.82) is 0 Å². The minimum atomic E-state index is -1.41. The Balaban J connectivity index is 2.73. The number of carboxylic acids is 1. The van der Waals surface area contributed by atoms with E-state index in [0.717, 1.165) is 0 Å². The molecule has 0 saturated heterocycles. The number of nitrogens with zero attached hydrogens (tertiary/aromatic N) is 1. The van der Waals surface area contributed by atoms with Crippen LogP contribution >= 0.6 is 11.6 Å². The molecule has 0 atom stereocenters. The quantitative estimate of drug-likeness (QED) is 0.215. The summed E-state index contributed by atoms with van der Waals surface area (Å²) in [7, 11) is 1.54. The number of carbonyl (C=O) groups excluding carboxylic acids is 3. The Labute approximate surface area is 166 Å². The molecule has 0 unspecified atom stereocenters. The molecule has 1 aromatic rings. The zero-order valence-corrected chi connectivity index (χ0v) is 16.2. The molecule has 0 saturated carbocycles. The number of methoxy groups -OCH3 is 1. The van der Waals surface area contributed by atoms with Gasteiger partial charge in [-0.25, -0.2) is 5.43 Å². The molecule has 2 N–H and O–H groups in total. The fourth-order valence-electron chi connectivity index (χ4n) is 1.91. The van der Waals surface area contributed by atoms with E-state index >= 15 is 0 Å². The number of carboxylic acid groups (broad SMARTS) is 1. The van der Waals surface area contributed by atoms with E-state index in [1.54, 1.807) is 6.92 Å². The number of aliphatic carboxylic acids is 1. The van der Waals surface area contributed by atoms with E-state index in [4.69, 9.17) is 25.8 Å². The van der Waals surface area contributed by atoms with Gasteiger partial charge in [0.2, 0.25) is 0 Å². The lowest BCUT2D eigenvalue weighted by Crippen LogP contribution is -2.38. The van der Waals surface area contributed by atoms with E-state index < -0.39 is 24.4 Å². The molecule has 0 fully saturated rings. The van der Waals surface area contributed by atoms with E-state index in [-0.39, 0.29) is 23.1 Å². The van der Waals surface area contributed by atoms with Crippen molar-refractivity contribution in [1.82, 2.24) is 10.7 Å². The second kappa shape index (κ2) is 12.5. The van der Waals surface area contributed by atoms with Crippen LogP contribution in [0, 0.1) is 0 Å². The van der Waals surface area contributed by atoms with Gasteiger partial charge in [0.25, 0.3) is 0 Å². The molecule has 28 heavy (non-hydrogen) atoms. The summed E-state index contributed by atoms with van der Waals surface area (Å²) < 4.78 is 15.3. The number of hydrogen-bond donors (Lipinski definition) is 2. The molecule has 0 bridgehead atoms. The van der Waals surface area contributed by atoms with Gasteiger partial charge in [0.1, 0.15) is 6.61 Å². The molecule has 0 heterocycles. The van der Waals surface area contributed by atoms with E-state index in [9.17, 15) is 19.5 Å². The smallest absolute Gasteiger partial charge is 0.329 e. The Morgan fingerprint density at radius 3 is 2.64 bits per heavy atom. The first kappa shape index (κ1) is 23.2. The summed E-state index contributed by atoms with van der Waals surface area (Å²) in [6.07, 6.45) is 1.82. The highest BCUT2D eigenvalue weighted by molar-refractivity contribution is 6.35.